The number of benzene rings is 2. The van der Waals surface area contributed by atoms with Crippen molar-refractivity contribution in [3.05, 3.63) is 53.1 Å². The molecular weight excluding hydrogens is 328 g/mol. The number of hydrogen-bond donors (Lipinski definition) is 1. The molecule has 5 heteroatoms. The number of fused-ring (bicyclic) bond motifs is 1. The van der Waals surface area contributed by atoms with Crippen LogP contribution in [0.4, 0.5) is 11.4 Å². The molecule has 0 saturated heterocycles. The molecule has 1 atom stereocenters. The summed E-state index contributed by atoms with van der Waals surface area (Å²) in [6, 6.07) is 11.3. The van der Waals surface area contributed by atoms with Crippen molar-refractivity contribution in [2.45, 2.75) is 33.8 Å². The molecule has 0 aliphatic carbocycles. The lowest BCUT2D eigenvalue weighted by molar-refractivity contribution is -0.115. The normalized spacial score (nSPS) is 15.8. The van der Waals surface area contributed by atoms with E-state index in [-0.39, 0.29) is 24.3 Å². The number of ether oxygens (including phenoxy) is 1. The maximum absolute atomic E-state index is 12.6. The van der Waals surface area contributed by atoms with E-state index in [0.717, 1.165) is 22.5 Å². The molecule has 26 heavy (non-hydrogen) atoms. The van der Waals surface area contributed by atoms with Crippen molar-refractivity contribution in [3.63, 3.8) is 0 Å². The molecule has 2 aromatic carbocycles. The Morgan fingerprint density at radius 1 is 1.19 bits per heavy atom. The van der Waals surface area contributed by atoms with Gasteiger partial charge in [-0.05, 0) is 63.1 Å². The van der Waals surface area contributed by atoms with Gasteiger partial charge >= 0.3 is 0 Å². The Kier molecular flexibility index (Phi) is 4.98. The van der Waals surface area contributed by atoms with Crippen LogP contribution in [-0.4, -0.2) is 30.9 Å². The number of ketones is 1. The third-order valence-electron chi connectivity index (χ3n) is 4.51. The average molecular weight is 352 g/mol. The maximum atomic E-state index is 12.6. The molecule has 5 nitrogen and oxygen atoms in total. The Balaban J connectivity index is 1.81. The van der Waals surface area contributed by atoms with E-state index in [1.54, 1.807) is 18.2 Å². The summed E-state index contributed by atoms with van der Waals surface area (Å²) in [7, 11) is 0. The van der Waals surface area contributed by atoms with E-state index in [0.29, 0.717) is 17.9 Å². The highest BCUT2D eigenvalue weighted by Crippen LogP contribution is 2.34. The minimum atomic E-state index is -0.0908. The van der Waals surface area contributed by atoms with E-state index in [4.69, 9.17) is 4.74 Å². The van der Waals surface area contributed by atoms with E-state index >= 15 is 0 Å². The zero-order chi connectivity index (χ0) is 18.8. The van der Waals surface area contributed by atoms with E-state index in [1.807, 2.05) is 43.9 Å². The van der Waals surface area contributed by atoms with Crippen LogP contribution in [0.25, 0.3) is 0 Å². The number of Topliss-reactive ketones (excluding diaryl/α,β-unsaturated/α-hetero) is 1. The molecule has 1 heterocycles. The monoisotopic (exact) mass is 352 g/mol. The molecule has 0 spiro atoms. The van der Waals surface area contributed by atoms with Crippen molar-refractivity contribution in [1.29, 1.82) is 0 Å². The molecule has 1 aliphatic rings. The number of hydrogen-bond acceptors (Lipinski definition) is 4. The van der Waals surface area contributed by atoms with Gasteiger partial charge in [0, 0.05) is 11.3 Å². The van der Waals surface area contributed by atoms with Gasteiger partial charge in [0.1, 0.15) is 11.9 Å². The summed E-state index contributed by atoms with van der Waals surface area (Å²) in [5.41, 5.74) is 4.35. The first-order valence-corrected chi connectivity index (χ1v) is 8.77. The molecule has 2 aromatic rings. The molecule has 1 aliphatic heterocycles. The summed E-state index contributed by atoms with van der Waals surface area (Å²) >= 11 is 0. The van der Waals surface area contributed by atoms with Gasteiger partial charge in [0.15, 0.2) is 5.78 Å². The predicted octanol–water partition coefficient (Wildman–Crippen LogP) is 3.73. The number of nitrogens with one attached hydrogen (secondary N) is 1. The van der Waals surface area contributed by atoms with E-state index in [9.17, 15) is 9.59 Å². The quantitative estimate of drug-likeness (QED) is 0.852. The van der Waals surface area contributed by atoms with Crippen LogP contribution in [-0.2, 0) is 4.79 Å². The number of carbonyl (C=O) groups excluding carboxylic acids is 2. The SMILES string of the molecule is CC(=O)c1ccc2c(c1)N(CC(=O)Nc1cc(C)ccc1C)CC(C)O2. The van der Waals surface area contributed by atoms with Gasteiger partial charge in [0.05, 0.1) is 18.8 Å². The summed E-state index contributed by atoms with van der Waals surface area (Å²) in [6.07, 6.45) is -0.0285. The predicted molar refractivity (Wildman–Crippen MR) is 103 cm³/mol. The second kappa shape index (κ2) is 7.20. The molecule has 1 unspecified atom stereocenters. The van der Waals surface area contributed by atoms with Gasteiger partial charge in [-0.3, -0.25) is 9.59 Å². The van der Waals surface area contributed by atoms with Crippen LogP contribution in [0.3, 0.4) is 0 Å². The number of carbonyl (C=O) groups is 2. The number of rotatable bonds is 4. The Morgan fingerprint density at radius 2 is 1.96 bits per heavy atom. The van der Waals surface area contributed by atoms with Crippen molar-refractivity contribution in [3.8, 4) is 5.75 Å². The second-order valence-corrected chi connectivity index (χ2v) is 6.91. The molecule has 0 bridgehead atoms. The van der Waals surface area contributed by atoms with Crippen molar-refractivity contribution < 1.29 is 14.3 Å². The van der Waals surface area contributed by atoms with Crippen LogP contribution in [0.5, 0.6) is 5.75 Å². The topological polar surface area (TPSA) is 58.6 Å². The highest BCUT2D eigenvalue weighted by atomic mass is 16.5. The number of nitrogens with zero attached hydrogens (tertiary/aromatic N) is 1. The first-order valence-electron chi connectivity index (χ1n) is 8.77. The molecule has 1 N–H and O–H groups in total. The first-order chi connectivity index (χ1) is 12.3. The highest BCUT2D eigenvalue weighted by molar-refractivity contribution is 5.97. The fraction of sp³-hybridized carbons (Fsp3) is 0.333. The van der Waals surface area contributed by atoms with Crippen molar-refractivity contribution in [1.82, 2.24) is 0 Å². The van der Waals surface area contributed by atoms with Crippen LogP contribution in [0.2, 0.25) is 0 Å². The van der Waals surface area contributed by atoms with Crippen LogP contribution < -0.4 is 15.0 Å². The van der Waals surface area contributed by atoms with Gasteiger partial charge in [-0.2, -0.15) is 0 Å². The fourth-order valence-electron chi connectivity index (χ4n) is 3.13. The summed E-state index contributed by atoms with van der Waals surface area (Å²) in [4.78, 5) is 26.3. The Hall–Kier alpha value is -2.82. The zero-order valence-electron chi connectivity index (χ0n) is 15.6. The summed E-state index contributed by atoms with van der Waals surface area (Å²) in [6.45, 7) is 8.27. The van der Waals surface area contributed by atoms with Gasteiger partial charge < -0.3 is 15.0 Å². The molecule has 0 aromatic heterocycles. The molecule has 136 valence electrons. The minimum absolute atomic E-state index is 0.00814. The van der Waals surface area contributed by atoms with E-state index in [2.05, 4.69) is 5.32 Å². The molecule has 0 radical (unpaired) electrons. The lowest BCUT2D eigenvalue weighted by Gasteiger charge is -2.34. The van der Waals surface area contributed by atoms with Crippen molar-refractivity contribution in [2.75, 3.05) is 23.3 Å². The van der Waals surface area contributed by atoms with Crippen molar-refractivity contribution in [2.24, 2.45) is 0 Å². The van der Waals surface area contributed by atoms with E-state index < -0.39 is 0 Å². The first kappa shape index (κ1) is 18.0. The van der Waals surface area contributed by atoms with Gasteiger partial charge in [0.25, 0.3) is 0 Å². The minimum Gasteiger partial charge on any atom is -0.487 e. The number of anilines is 2. The number of amides is 1. The van der Waals surface area contributed by atoms with Gasteiger partial charge in [0.2, 0.25) is 5.91 Å². The van der Waals surface area contributed by atoms with Crippen LogP contribution >= 0.6 is 0 Å². The van der Waals surface area contributed by atoms with Gasteiger partial charge in [-0.1, -0.05) is 12.1 Å². The third-order valence-corrected chi connectivity index (χ3v) is 4.51. The molecule has 1 amide bonds. The molecule has 0 fully saturated rings. The van der Waals surface area contributed by atoms with Crippen LogP contribution in [0.1, 0.15) is 35.3 Å². The maximum Gasteiger partial charge on any atom is 0.243 e. The lowest BCUT2D eigenvalue weighted by atomic mass is 10.1. The molecular formula is C21H24N2O3. The Morgan fingerprint density at radius 3 is 2.69 bits per heavy atom. The van der Waals surface area contributed by atoms with Gasteiger partial charge in [-0.25, -0.2) is 0 Å². The summed E-state index contributed by atoms with van der Waals surface area (Å²) < 4.78 is 5.85. The lowest BCUT2D eigenvalue weighted by Crippen LogP contribution is -2.42. The average Bonchev–Trinajstić information content (AvgIpc) is 2.57. The fourth-order valence-corrected chi connectivity index (χ4v) is 3.13. The Labute approximate surface area is 154 Å². The smallest absolute Gasteiger partial charge is 0.243 e. The van der Waals surface area contributed by atoms with Crippen LogP contribution in [0, 0.1) is 13.8 Å². The third kappa shape index (κ3) is 3.87. The summed E-state index contributed by atoms with van der Waals surface area (Å²) in [5, 5.41) is 2.99. The van der Waals surface area contributed by atoms with Crippen molar-refractivity contribution >= 4 is 23.1 Å². The van der Waals surface area contributed by atoms with E-state index in [1.165, 1.54) is 6.92 Å². The largest absolute Gasteiger partial charge is 0.487 e. The van der Waals surface area contributed by atoms with Gasteiger partial charge in [-0.15, -0.1) is 0 Å². The highest BCUT2D eigenvalue weighted by Gasteiger charge is 2.25. The standard InChI is InChI=1S/C21H24N2O3/c1-13-5-6-14(2)18(9-13)22-21(25)12-23-11-15(3)26-20-8-7-17(16(4)24)10-19(20)23/h5-10,15H,11-12H2,1-4H3,(H,22,25). The molecule has 3 rings (SSSR count). The second-order valence-electron chi connectivity index (χ2n) is 6.91. The number of aryl methyl sites for hydroxylation is 2. The zero-order valence-corrected chi connectivity index (χ0v) is 15.6. The Bertz CT molecular complexity index is 860. The molecule has 0 saturated carbocycles. The summed E-state index contributed by atoms with van der Waals surface area (Å²) in [5.74, 6) is 0.603. The van der Waals surface area contributed by atoms with Crippen LogP contribution in [0.15, 0.2) is 36.4 Å².